The Balaban J connectivity index is 1.92. The molecule has 1 aliphatic heterocycles. The van der Waals surface area contributed by atoms with E-state index in [1.807, 2.05) is 44.2 Å². The molecule has 1 aromatic carbocycles. The van der Waals surface area contributed by atoms with Crippen LogP contribution in [0.25, 0.3) is 0 Å². The second-order valence-corrected chi connectivity index (χ2v) is 6.86. The lowest BCUT2D eigenvalue weighted by atomic mass is 10.0. The van der Waals surface area contributed by atoms with E-state index < -0.39 is 35.8 Å². The molecule has 3 amide bonds. The normalized spacial score (nSPS) is 17.8. The van der Waals surface area contributed by atoms with Crippen molar-refractivity contribution in [3.05, 3.63) is 35.9 Å². The van der Waals surface area contributed by atoms with Gasteiger partial charge in [0.15, 0.2) is 0 Å². The predicted octanol–water partition coefficient (Wildman–Crippen LogP) is 0.901. The number of alkyl carbamates (subject to hydrolysis) is 1. The highest BCUT2D eigenvalue weighted by Gasteiger charge is 2.33. The molecule has 1 aliphatic rings. The van der Waals surface area contributed by atoms with Gasteiger partial charge in [-0.25, -0.2) is 4.79 Å². The first-order valence-electron chi connectivity index (χ1n) is 8.96. The molecule has 1 saturated heterocycles. The van der Waals surface area contributed by atoms with E-state index in [0.29, 0.717) is 19.4 Å². The van der Waals surface area contributed by atoms with Crippen LogP contribution >= 0.6 is 0 Å². The third kappa shape index (κ3) is 6.40. The minimum atomic E-state index is -0.872. The van der Waals surface area contributed by atoms with Crippen molar-refractivity contribution in [2.24, 2.45) is 5.92 Å². The average molecular weight is 375 g/mol. The molecule has 146 valence electrons. The molecule has 8 nitrogen and oxygen atoms in total. The lowest BCUT2D eigenvalue weighted by Gasteiger charge is -2.25. The Morgan fingerprint density at radius 1 is 1.22 bits per heavy atom. The molecule has 1 heterocycles. The van der Waals surface area contributed by atoms with Crippen molar-refractivity contribution in [1.29, 1.82) is 0 Å². The number of benzene rings is 1. The van der Waals surface area contributed by atoms with E-state index in [4.69, 9.17) is 4.74 Å². The van der Waals surface area contributed by atoms with Crippen molar-refractivity contribution in [2.45, 2.75) is 45.4 Å². The number of ether oxygens (including phenoxy) is 1. The summed E-state index contributed by atoms with van der Waals surface area (Å²) < 4.78 is 5.16. The predicted molar refractivity (Wildman–Crippen MR) is 97.6 cm³/mol. The Hall–Kier alpha value is -2.90. The van der Waals surface area contributed by atoms with Crippen LogP contribution in [0.1, 0.15) is 32.3 Å². The van der Waals surface area contributed by atoms with Crippen molar-refractivity contribution in [2.75, 3.05) is 6.54 Å². The zero-order chi connectivity index (χ0) is 19.8. The fourth-order valence-electron chi connectivity index (χ4n) is 2.73. The molecule has 0 aliphatic carbocycles. The Bertz CT molecular complexity index is 690. The van der Waals surface area contributed by atoms with Crippen LogP contribution in [0.3, 0.4) is 0 Å². The van der Waals surface area contributed by atoms with E-state index in [9.17, 15) is 19.2 Å². The summed E-state index contributed by atoms with van der Waals surface area (Å²) in [6.45, 7) is 4.23. The molecule has 3 N–H and O–H groups in total. The topological polar surface area (TPSA) is 114 Å². The molecule has 0 spiro atoms. The lowest BCUT2D eigenvalue weighted by Crippen LogP contribution is -2.57. The van der Waals surface area contributed by atoms with E-state index in [-0.39, 0.29) is 12.5 Å². The Labute approximate surface area is 158 Å². The minimum absolute atomic E-state index is 0.0873. The molecule has 1 aromatic rings. The first-order chi connectivity index (χ1) is 12.9. The van der Waals surface area contributed by atoms with Gasteiger partial charge in [0.05, 0.1) is 6.04 Å². The maximum absolute atomic E-state index is 12.5. The van der Waals surface area contributed by atoms with E-state index >= 15 is 0 Å². The largest absolute Gasteiger partial charge is 0.445 e. The summed E-state index contributed by atoms with van der Waals surface area (Å²) in [6.07, 6.45) is -0.0184. The first-order valence-corrected chi connectivity index (χ1v) is 8.96. The number of nitrogens with one attached hydrogen (secondary N) is 3. The maximum atomic E-state index is 12.5. The van der Waals surface area contributed by atoms with Crippen molar-refractivity contribution < 1.29 is 23.9 Å². The summed E-state index contributed by atoms with van der Waals surface area (Å²) in [4.78, 5) is 47.9. The van der Waals surface area contributed by atoms with E-state index in [2.05, 4.69) is 16.0 Å². The van der Waals surface area contributed by atoms with Gasteiger partial charge in [-0.2, -0.15) is 0 Å². The molecule has 0 aromatic heterocycles. The summed E-state index contributed by atoms with van der Waals surface area (Å²) in [7, 11) is 0. The maximum Gasteiger partial charge on any atom is 0.408 e. The highest BCUT2D eigenvalue weighted by Crippen LogP contribution is 2.08. The molecule has 0 saturated carbocycles. The summed E-state index contributed by atoms with van der Waals surface area (Å²) in [5, 5.41) is 7.54. The SMILES string of the molecule is CC(C)CC(NC(=O)OCc1ccccc1)C(=O)NC1CCNC(=O)C1=O. The molecular weight excluding hydrogens is 350 g/mol. The van der Waals surface area contributed by atoms with E-state index in [0.717, 1.165) is 5.56 Å². The van der Waals surface area contributed by atoms with Crippen LogP contribution in [0.15, 0.2) is 30.3 Å². The number of ketones is 1. The third-order valence-electron chi connectivity index (χ3n) is 4.10. The van der Waals surface area contributed by atoms with Crippen molar-refractivity contribution in [1.82, 2.24) is 16.0 Å². The minimum Gasteiger partial charge on any atom is -0.445 e. The van der Waals surface area contributed by atoms with Crippen LogP contribution < -0.4 is 16.0 Å². The Morgan fingerprint density at radius 3 is 2.59 bits per heavy atom. The summed E-state index contributed by atoms with van der Waals surface area (Å²) in [5.41, 5.74) is 0.830. The summed E-state index contributed by atoms with van der Waals surface area (Å²) in [6, 6.07) is 7.45. The van der Waals surface area contributed by atoms with E-state index in [1.165, 1.54) is 0 Å². The Kier molecular flexibility index (Phi) is 7.34. The monoisotopic (exact) mass is 375 g/mol. The molecule has 0 bridgehead atoms. The average Bonchev–Trinajstić information content (AvgIpc) is 2.63. The highest BCUT2D eigenvalue weighted by molar-refractivity contribution is 6.39. The second kappa shape index (κ2) is 9.70. The number of carbonyl (C=O) groups excluding carboxylic acids is 4. The fourth-order valence-corrected chi connectivity index (χ4v) is 2.73. The molecule has 2 unspecified atom stereocenters. The van der Waals surface area contributed by atoms with Gasteiger partial charge in [0.25, 0.3) is 5.91 Å². The number of Topliss-reactive ketones (excluding diaryl/α,β-unsaturated/α-hetero) is 1. The number of rotatable bonds is 7. The zero-order valence-corrected chi connectivity index (χ0v) is 15.5. The van der Waals surface area contributed by atoms with Gasteiger partial charge >= 0.3 is 6.09 Å². The van der Waals surface area contributed by atoms with Gasteiger partial charge < -0.3 is 20.7 Å². The smallest absolute Gasteiger partial charge is 0.408 e. The van der Waals surface area contributed by atoms with E-state index in [1.54, 1.807) is 0 Å². The third-order valence-corrected chi connectivity index (χ3v) is 4.10. The summed E-state index contributed by atoms with van der Waals surface area (Å²) in [5.74, 6) is -1.76. The molecule has 27 heavy (non-hydrogen) atoms. The summed E-state index contributed by atoms with van der Waals surface area (Å²) >= 11 is 0. The number of amides is 3. The molecule has 1 fully saturated rings. The van der Waals surface area contributed by atoms with Crippen molar-refractivity contribution in [3.8, 4) is 0 Å². The number of hydrogen-bond acceptors (Lipinski definition) is 5. The van der Waals surface area contributed by atoms with Gasteiger partial charge in [0.2, 0.25) is 11.7 Å². The van der Waals surface area contributed by atoms with Gasteiger partial charge in [0.1, 0.15) is 12.6 Å². The van der Waals surface area contributed by atoms with Crippen LogP contribution in [0.5, 0.6) is 0 Å². The van der Waals surface area contributed by atoms with Crippen molar-refractivity contribution in [3.63, 3.8) is 0 Å². The number of hydrogen-bond donors (Lipinski definition) is 3. The molecule has 2 atom stereocenters. The first kappa shape index (κ1) is 20.4. The Morgan fingerprint density at radius 2 is 1.93 bits per heavy atom. The molecular formula is C19H25N3O5. The molecule has 0 radical (unpaired) electrons. The number of piperidine rings is 1. The van der Waals surface area contributed by atoms with Crippen LogP contribution in [-0.2, 0) is 25.7 Å². The van der Waals surface area contributed by atoms with Crippen LogP contribution in [0.4, 0.5) is 4.79 Å². The lowest BCUT2D eigenvalue weighted by molar-refractivity contribution is -0.141. The van der Waals surface area contributed by atoms with Gasteiger partial charge in [-0.15, -0.1) is 0 Å². The van der Waals surface area contributed by atoms with Crippen molar-refractivity contribution >= 4 is 23.7 Å². The highest BCUT2D eigenvalue weighted by atomic mass is 16.5. The van der Waals surface area contributed by atoms with Gasteiger partial charge in [-0.3, -0.25) is 14.4 Å². The van der Waals surface area contributed by atoms with Gasteiger partial charge in [-0.1, -0.05) is 44.2 Å². The molecule has 2 rings (SSSR count). The van der Waals surface area contributed by atoms with Crippen LogP contribution in [0, 0.1) is 5.92 Å². The standard InChI is InChI=1S/C19H25N3O5/c1-12(2)10-15(17(24)21-14-8-9-20-18(25)16(14)23)22-19(26)27-11-13-6-4-3-5-7-13/h3-7,12,14-15H,8-11H2,1-2H3,(H,20,25)(H,21,24)(H,22,26). The zero-order valence-electron chi connectivity index (χ0n) is 15.5. The van der Waals surface area contributed by atoms with Gasteiger partial charge in [-0.05, 0) is 24.3 Å². The second-order valence-electron chi connectivity index (χ2n) is 6.86. The number of carbonyl (C=O) groups is 4. The molecule has 8 heteroatoms. The fraction of sp³-hybridized carbons (Fsp3) is 0.474. The van der Waals surface area contributed by atoms with Crippen LogP contribution in [-0.4, -0.2) is 42.3 Å². The quantitative estimate of drug-likeness (QED) is 0.613. The van der Waals surface area contributed by atoms with Crippen LogP contribution in [0.2, 0.25) is 0 Å². The van der Waals surface area contributed by atoms with Gasteiger partial charge in [0, 0.05) is 6.54 Å².